The normalized spacial score (nSPS) is 11.0. The number of halogens is 1. The standard InChI is InChI=1S/C13H12ClN5OS/c1-19-12(15)10(6-16-19)13-17-11(18-20-13)7-21-9-4-2-3-8(14)5-9/h2-6H,7,15H2,1H3. The molecular formula is C13H12ClN5OS. The smallest absolute Gasteiger partial charge is 0.263 e. The summed E-state index contributed by atoms with van der Waals surface area (Å²) in [5, 5.41) is 8.70. The average molecular weight is 322 g/mol. The molecule has 2 aromatic heterocycles. The molecule has 8 heteroatoms. The first kappa shape index (κ1) is 14.0. The first-order valence-corrected chi connectivity index (χ1v) is 7.48. The minimum absolute atomic E-state index is 0.377. The number of anilines is 1. The fraction of sp³-hybridized carbons (Fsp3) is 0.154. The fourth-order valence-electron chi connectivity index (χ4n) is 1.74. The molecule has 0 amide bonds. The van der Waals surface area contributed by atoms with Gasteiger partial charge in [0.2, 0.25) is 0 Å². The van der Waals surface area contributed by atoms with Crippen molar-refractivity contribution < 1.29 is 4.52 Å². The minimum atomic E-state index is 0.377. The molecule has 108 valence electrons. The molecule has 0 aliphatic heterocycles. The van der Waals surface area contributed by atoms with Crippen LogP contribution in [0.3, 0.4) is 0 Å². The third kappa shape index (κ3) is 3.03. The lowest BCUT2D eigenvalue weighted by Crippen LogP contribution is -1.98. The first-order chi connectivity index (χ1) is 10.1. The lowest BCUT2D eigenvalue weighted by molar-refractivity contribution is 0.425. The van der Waals surface area contributed by atoms with E-state index in [-0.39, 0.29) is 0 Å². The van der Waals surface area contributed by atoms with E-state index in [1.807, 2.05) is 24.3 Å². The zero-order valence-corrected chi connectivity index (χ0v) is 12.7. The lowest BCUT2D eigenvalue weighted by Gasteiger charge is -1.98. The van der Waals surface area contributed by atoms with E-state index in [0.717, 1.165) is 4.90 Å². The van der Waals surface area contributed by atoms with Gasteiger partial charge in [0.25, 0.3) is 5.89 Å². The van der Waals surface area contributed by atoms with Crippen molar-refractivity contribution in [2.45, 2.75) is 10.6 Å². The van der Waals surface area contributed by atoms with Crippen molar-refractivity contribution in [3.05, 3.63) is 41.3 Å². The number of hydrogen-bond acceptors (Lipinski definition) is 6. The van der Waals surface area contributed by atoms with Gasteiger partial charge in [-0.2, -0.15) is 10.1 Å². The molecular weight excluding hydrogens is 310 g/mol. The summed E-state index contributed by atoms with van der Waals surface area (Å²) < 4.78 is 6.78. The maximum absolute atomic E-state index is 5.94. The maximum Gasteiger partial charge on any atom is 0.263 e. The van der Waals surface area contributed by atoms with Crippen LogP contribution < -0.4 is 5.73 Å². The number of aromatic nitrogens is 4. The van der Waals surface area contributed by atoms with E-state index in [0.29, 0.717) is 33.9 Å². The summed E-state index contributed by atoms with van der Waals surface area (Å²) in [6.45, 7) is 0. The summed E-state index contributed by atoms with van der Waals surface area (Å²) in [5.41, 5.74) is 6.52. The lowest BCUT2D eigenvalue weighted by atomic mass is 10.3. The monoisotopic (exact) mass is 321 g/mol. The Morgan fingerprint density at radius 3 is 3.00 bits per heavy atom. The van der Waals surface area contributed by atoms with E-state index in [2.05, 4.69) is 15.2 Å². The van der Waals surface area contributed by atoms with Crippen LogP contribution in [0.25, 0.3) is 11.5 Å². The molecule has 0 atom stereocenters. The number of benzene rings is 1. The van der Waals surface area contributed by atoms with Gasteiger partial charge in [0.05, 0.1) is 11.9 Å². The van der Waals surface area contributed by atoms with E-state index in [1.54, 1.807) is 29.7 Å². The molecule has 0 unspecified atom stereocenters. The van der Waals surface area contributed by atoms with E-state index < -0.39 is 0 Å². The Kier molecular flexibility index (Phi) is 3.85. The van der Waals surface area contributed by atoms with Gasteiger partial charge in [-0.3, -0.25) is 4.68 Å². The number of thioether (sulfide) groups is 1. The molecule has 0 aliphatic rings. The summed E-state index contributed by atoms with van der Waals surface area (Å²) in [7, 11) is 1.76. The first-order valence-electron chi connectivity index (χ1n) is 6.12. The van der Waals surface area contributed by atoms with Gasteiger partial charge in [-0.05, 0) is 18.2 Å². The Morgan fingerprint density at radius 2 is 2.29 bits per heavy atom. The number of nitrogen functional groups attached to an aromatic ring is 1. The van der Waals surface area contributed by atoms with Crippen LogP contribution in [-0.4, -0.2) is 19.9 Å². The van der Waals surface area contributed by atoms with Crippen molar-refractivity contribution in [1.29, 1.82) is 0 Å². The van der Waals surface area contributed by atoms with Crippen LogP contribution in [0.15, 0.2) is 39.9 Å². The van der Waals surface area contributed by atoms with E-state index in [1.165, 1.54) is 0 Å². The molecule has 0 spiro atoms. The van der Waals surface area contributed by atoms with Crippen molar-refractivity contribution in [3.63, 3.8) is 0 Å². The second-order valence-corrected chi connectivity index (χ2v) is 5.81. The number of hydrogen-bond donors (Lipinski definition) is 1. The van der Waals surface area contributed by atoms with Gasteiger partial charge in [0.1, 0.15) is 11.4 Å². The van der Waals surface area contributed by atoms with Gasteiger partial charge in [0, 0.05) is 17.0 Å². The molecule has 2 N–H and O–H groups in total. The van der Waals surface area contributed by atoms with Gasteiger partial charge >= 0.3 is 0 Å². The molecule has 0 saturated heterocycles. The van der Waals surface area contributed by atoms with Gasteiger partial charge in [-0.25, -0.2) is 0 Å². The second kappa shape index (κ2) is 5.79. The highest BCUT2D eigenvalue weighted by Gasteiger charge is 2.15. The summed E-state index contributed by atoms with van der Waals surface area (Å²) >= 11 is 7.53. The molecule has 0 fully saturated rings. The predicted octanol–water partition coefficient (Wildman–Crippen LogP) is 3.00. The zero-order valence-electron chi connectivity index (χ0n) is 11.2. The molecule has 0 radical (unpaired) electrons. The van der Waals surface area contributed by atoms with Crippen molar-refractivity contribution >= 4 is 29.2 Å². The Morgan fingerprint density at radius 1 is 1.43 bits per heavy atom. The van der Waals surface area contributed by atoms with Crippen LogP contribution in [0, 0.1) is 0 Å². The van der Waals surface area contributed by atoms with Gasteiger partial charge in [-0.1, -0.05) is 22.8 Å². The van der Waals surface area contributed by atoms with E-state index in [9.17, 15) is 0 Å². The van der Waals surface area contributed by atoms with Gasteiger partial charge in [0.15, 0.2) is 5.82 Å². The Balaban J connectivity index is 1.72. The SMILES string of the molecule is Cn1ncc(-c2nc(CSc3cccc(Cl)c3)no2)c1N. The molecule has 0 saturated carbocycles. The molecule has 1 aromatic carbocycles. The summed E-state index contributed by atoms with van der Waals surface area (Å²) in [6.07, 6.45) is 1.61. The van der Waals surface area contributed by atoms with E-state index >= 15 is 0 Å². The van der Waals surface area contributed by atoms with E-state index in [4.69, 9.17) is 21.9 Å². The van der Waals surface area contributed by atoms with Gasteiger partial charge in [-0.15, -0.1) is 11.8 Å². The molecule has 3 rings (SSSR count). The van der Waals surface area contributed by atoms with Crippen molar-refractivity contribution in [1.82, 2.24) is 19.9 Å². The van der Waals surface area contributed by atoms with Crippen LogP contribution >= 0.6 is 23.4 Å². The van der Waals surface area contributed by atoms with Crippen molar-refractivity contribution in [2.75, 3.05) is 5.73 Å². The summed E-state index contributed by atoms with van der Waals surface area (Å²) in [6, 6.07) is 7.62. The minimum Gasteiger partial charge on any atom is -0.383 e. The average Bonchev–Trinajstić information content (AvgIpc) is 3.05. The number of nitrogens with zero attached hydrogens (tertiary/aromatic N) is 4. The van der Waals surface area contributed by atoms with Crippen LogP contribution in [0.4, 0.5) is 5.82 Å². The quantitative estimate of drug-likeness (QED) is 0.744. The summed E-state index contributed by atoms with van der Waals surface area (Å²) in [4.78, 5) is 5.38. The largest absolute Gasteiger partial charge is 0.383 e. The Hall–Kier alpha value is -1.99. The highest BCUT2D eigenvalue weighted by molar-refractivity contribution is 7.98. The molecule has 2 heterocycles. The third-order valence-electron chi connectivity index (χ3n) is 2.85. The molecule has 6 nitrogen and oxygen atoms in total. The topological polar surface area (TPSA) is 82.8 Å². The highest BCUT2D eigenvalue weighted by atomic mass is 35.5. The van der Waals surface area contributed by atoms with Crippen LogP contribution in [0.5, 0.6) is 0 Å². The fourth-order valence-corrected chi connectivity index (χ4v) is 2.79. The molecule has 21 heavy (non-hydrogen) atoms. The zero-order chi connectivity index (χ0) is 14.8. The summed E-state index contributed by atoms with van der Waals surface area (Å²) in [5.74, 6) is 2.05. The maximum atomic E-state index is 5.94. The van der Waals surface area contributed by atoms with Crippen LogP contribution in [0.2, 0.25) is 5.02 Å². The Bertz CT molecular complexity index is 770. The highest BCUT2D eigenvalue weighted by Crippen LogP contribution is 2.27. The third-order valence-corrected chi connectivity index (χ3v) is 4.07. The second-order valence-electron chi connectivity index (χ2n) is 4.33. The number of nitrogens with two attached hydrogens (primary N) is 1. The predicted molar refractivity (Wildman–Crippen MR) is 81.9 cm³/mol. The van der Waals surface area contributed by atoms with Crippen LogP contribution in [-0.2, 0) is 12.8 Å². The van der Waals surface area contributed by atoms with Crippen LogP contribution in [0.1, 0.15) is 5.82 Å². The molecule has 0 aliphatic carbocycles. The van der Waals surface area contributed by atoms with Crippen molar-refractivity contribution in [3.8, 4) is 11.5 Å². The number of rotatable bonds is 4. The molecule has 3 aromatic rings. The molecule has 0 bridgehead atoms. The number of aryl methyl sites for hydroxylation is 1. The Labute approximate surface area is 130 Å². The van der Waals surface area contributed by atoms with Gasteiger partial charge < -0.3 is 10.3 Å². The van der Waals surface area contributed by atoms with Crippen molar-refractivity contribution in [2.24, 2.45) is 7.05 Å².